The Bertz CT molecular complexity index is 722. The van der Waals surface area contributed by atoms with Crippen LogP contribution in [0.15, 0.2) is 30.5 Å². The number of amides is 1. The van der Waals surface area contributed by atoms with Crippen LogP contribution in [-0.2, 0) is 6.54 Å². The van der Waals surface area contributed by atoms with Gasteiger partial charge < -0.3 is 14.6 Å². The van der Waals surface area contributed by atoms with E-state index in [9.17, 15) is 9.90 Å². The molecule has 1 aliphatic heterocycles. The van der Waals surface area contributed by atoms with Gasteiger partial charge in [-0.2, -0.15) is 0 Å². The van der Waals surface area contributed by atoms with Gasteiger partial charge in [0.1, 0.15) is 0 Å². The van der Waals surface area contributed by atoms with Crippen molar-refractivity contribution in [2.75, 3.05) is 13.2 Å². The molecule has 1 amide bonds. The number of aromatic nitrogens is 2. The van der Waals surface area contributed by atoms with Crippen LogP contribution in [-0.4, -0.2) is 44.7 Å². The van der Waals surface area contributed by atoms with E-state index < -0.39 is 0 Å². The van der Waals surface area contributed by atoms with E-state index >= 15 is 0 Å². The third-order valence-electron chi connectivity index (χ3n) is 5.20. The largest absolute Gasteiger partial charge is 0.396 e. The van der Waals surface area contributed by atoms with Crippen molar-refractivity contribution in [3.63, 3.8) is 0 Å². The average Bonchev–Trinajstić information content (AvgIpc) is 2.91. The van der Waals surface area contributed by atoms with Gasteiger partial charge in [0, 0.05) is 36.8 Å². The summed E-state index contributed by atoms with van der Waals surface area (Å²) in [5, 5.41) is 9.31. The van der Waals surface area contributed by atoms with E-state index in [4.69, 9.17) is 0 Å². The van der Waals surface area contributed by atoms with Crippen LogP contribution in [0.1, 0.15) is 53.1 Å². The molecule has 1 fully saturated rings. The highest BCUT2D eigenvalue weighted by Crippen LogP contribution is 2.25. The van der Waals surface area contributed by atoms with Gasteiger partial charge in [0.2, 0.25) is 0 Å². The summed E-state index contributed by atoms with van der Waals surface area (Å²) in [5.41, 5.74) is 3.82. The Morgan fingerprint density at radius 3 is 2.88 bits per heavy atom. The third-order valence-corrected chi connectivity index (χ3v) is 5.20. The van der Waals surface area contributed by atoms with Crippen molar-refractivity contribution in [2.45, 2.75) is 52.1 Å². The predicted molar refractivity (Wildman–Crippen MR) is 97.6 cm³/mol. The van der Waals surface area contributed by atoms with Crippen LogP contribution < -0.4 is 0 Å². The molecule has 1 N–H and O–H groups in total. The molecule has 3 rings (SSSR count). The summed E-state index contributed by atoms with van der Waals surface area (Å²) in [6.45, 7) is 5.63. The zero-order valence-electron chi connectivity index (χ0n) is 15.1. The lowest BCUT2D eigenvalue weighted by molar-refractivity contribution is 0.0574. The summed E-state index contributed by atoms with van der Waals surface area (Å²) in [6, 6.07) is 8.04. The van der Waals surface area contributed by atoms with Gasteiger partial charge in [0.15, 0.2) is 0 Å². The normalized spacial score (nSPS) is 17.7. The van der Waals surface area contributed by atoms with Gasteiger partial charge in [-0.1, -0.05) is 6.07 Å². The van der Waals surface area contributed by atoms with Crippen LogP contribution in [0.4, 0.5) is 0 Å². The highest BCUT2D eigenvalue weighted by Gasteiger charge is 2.29. The molecule has 0 radical (unpaired) electrons. The van der Waals surface area contributed by atoms with Crippen LogP contribution >= 0.6 is 0 Å². The molecule has 5 nitrogen and oxygen atoms in total. The first kappa shape index (κ1) is 17.7. The Morgan fingerprint density at radius 1 is 1.32 bits per heavy atom. The molecule has 2 aromatic rings. The Labute approximate surface area is 149 Å². The van der Waals surface area contributed by atoms with Gasteiger partial charge in [-0.25, -0.2) is 0 Å². The minimum absolute atomic E-state index is 0.0959. The van der Waals surface area contributed by atoms with E-state index in [1.807, 2.05) is 43.0 Å². The number of nitrogens with zero attached hydrogens (tertiary/aromatic N) is 3. The number of likely N-dealkylation sites (tertiary alicyclic amines) is 1. The van der Waals surface area contributed by atoms with E-state index in [1.54, 1.807) is 6.20 Å². The van der Waals surface area contributed by atoms with Gasteiger partial charge in [-0.05, 0) is 57.7 Å². The fraction of sp³-hybridized carbons (Fsp3) is 0.500. The van der Waals surface area contributed by atoms with E-state index in [0.717, 1.165) is 48.5 Å². The van der Waals surface area contributed by atoms with Crippen molar-refractivity contribution in [3.8, 4) is 0 Å². The molecule has 3 heterocycles. The Hall–Kier alpha value is -2.14. The zero-order chi connectivity index (χ0) is 17.8. The van der Waals surface area contributed by atoms with Crippen LogP contribution in [0.3, 0.4) is 0 Å². The standard InChI is InChI=1S/C20H27N3O2/c1-15-13-19(16(2)23(15)14-17-7-3-5-10-21-17)20(25)22-11-6-4-8-18(22)9-12-24/h3,5,7,10,13,18,24H,4,6,8-9,11-12,14H2,1-2H3. The van der Waals surface area contributed by atoms with Crippen LogP contribution in [0.2, 0.25) is 0 Å². The van der Waals surface area contributed by atoms with Crippen LogP contribution in [0.5, 0.6) is 0 Å². The van der Waals surface area contributed by atoms with E-state index in [2.05, 4.69) is 9.55 Å². The second kappa shape index (κ2) is 7.83. The molecular formula is C20H27N3O2. The van der Waals surface area contributed by atoms with E-state index in [-0.39, 0.29) is 18.6 Å². The van der Waals surface area contributed by atoms with E-state index in [0.29, 0.717) is 13.0 Å². The molecular weight excluding hydrogens is 314 g/mol. The molecule has 0 aliphatic carbocycles. The molecule has 2 aromatic heterocycles. The second-order valence-corrected chi connectivity index (χ2v) is 6.85. The van der Waals surface area contributed by atoms with Crippen molar-refractivity contribution < 1.29 is 9.90 Å². The minimum atomic E-state index is 0.0959. The Morgan fingerprint density at radius 2 is 2.16 bits per heavy atom. The highest BCUT2D eigenvalue weighted by atomic mass is 16.3. The van der Waals surface area contributed by atoms with Crippen LogP contribution in [0, 0.1) is 13.8 Å². The first-order valence-electron chi connectivity index (χ1n) is 9.10. The van der Waals surface area contributed by atoms with Gasteiger partial charge in [0.05, 0.1) is 17.8 Å². The maximum Gasteiger partial charge on any atom is 0.255 e. The van der Waals surface area contributed by atoms with Crippen LogP contribution in [0.25, 0.3) is 0 Å². The van der Waals surface area contributed by atoms with Crippen molar-refractivity contribution in [3.05, 3.63) is 53.1 Å². The molecule has 0 bridgehead atoms. The van der Waals surface area contributed by atoms with Gasteiger partial charge in [-0.3, -0.25) is 9.78 Å². The second-order valence-electron chi connectivity index (χ2n) is 6.85. The average molecular weight is 341 g/mol. The fourth-order valence-electron chi connectivity index (χ4n) is 3.79. The van der Waals surface area contributed by atoms with Crippen molar-refractivity contribution >= 4 is 5.91 Å². The first-order valence-corrected chi connectivity index (χ1v) is 9.10. The van der Waals surface area contributed by atoms with Gasteiger partial charge in [-0.15, -0.1) is 0 Å². The summed E-state index contributed by atoms with van der Waals surface area (Å²) >= 11 is 0. The lowest BCUT2D eigenvalue weighted by atomic mass is 9.98. The first-order chi connectivity index (χ1) is 12.1. The number of carbonyl (C=O) groups excluding carboxylic acids is 1. The summed E-state index contributed by atoms with van der Waals surface area (Å²) in [5.74, 6) is 0.0959. The van der Waals surface area contributed by atoms with Gasteiger partial charge >= 0.3 is 0 Å². The van der Waals surface area contributed by atoms with Crippen molar-refractivity contribution in [1.29, 1.82) is 0 Å². The molecule has 5 heteroatoms. The number of pyridine rings is 1. The lowest BCUT2D eigenvalue weighted by Gasteiger charge is -2.35. The Balaban J connectivity index is 1.84. The monoisotopic (exact) mass is 341 g/mol. The molecule has 0 saturated carbocycles. The quantitative estimate of drug-likeness (QED) is 0.910. The maximum absolute atomic E-state index is 13.1. The fourth-order valence-corrected chi connectivity index (χ4v) is 3.79. The van der Waals surface area contributed by atoms with E-state index in [1.165, 1.54) is 0 Å². The predicted octanol–water partition coefficient (Wildman–Crippen LogP) is 2.93. The molecule has 1 aliphatic rings. The summed E-state index contributed by atoms with van der Waals surface area (Å²) in [7, 11) is 0. The molecule has 0 spiro atoms. The number of hydrogen-bond donors (Lipinski definition) is 1. The zero-order valence-corrected chi connectivity index (χ0v) is 15.1. The number of piperidine rings is 1. The summed E-state index contributed by atoms with van der Waals surface area (Å²) in [6.07, 6.45) is 5.62. The number of rotatable bonds is 5. The molecule has 134 valence electrons. The Kier molecular flexibility index (Phi) is 5.53. The third kappa shape index (κ3) is 3.76. The molecule has 25 heavy (non-hydrogen) atoms. The summed E-state index contributed by atoms with van der Waals surface area (Å²) < 4.78 is 2.15. The molecule has 1 atom stereocenters. The lowest BCUT2D eigenvalue weighted by Crippen LogP contribution is -2.44. The van der Waals surface area contributed by atoms with Crippen molar-refractivity contribution in [1.82, 2.24) is 14.5 Å². The smallest absolute Gasteiger partial charge is 0.255 e. The highest BCUT2D eigenvalue weighted by molar-refractivity contribution is 5.96. The topological polar surface area (TPSA) is 58.4 Å². The SMILES string of the molecule is Cc1cc(C(=O)N2CCCCC2CCO)c(C)n1Cc1ccccn1. The summed E-state index contributed by atoms with van der Waals surface area (Å²) in [4.78, 5) is 19.5. The minimum Gasteiger partial charge on any atom is -0.396 e. The number of aryl methyl sites for hydroxylation is 1. The number of aliphatic hydroxyl groups excluding tert-OH is 1. The van der Waals surface area contributed by atoms with Gasteiger partial charge in [0.25, 0.3) is 5.91 Å². The van der Waals surface area contributed by atoms with Crippen molar-refractivity contribution in [2.24, 2.45) is 0 Å². The molecule has 0 aromatic carbocycles. The molecule has 1 unspecified atom stereocenters. The number of carbonyl (C=O) groups is 1. The maximum atomic E-state index is 13.1. The number of hydrogen-bond acceptors (Lipinski definition) is 3. The number of aliphatic hydroxyl groups is 1. The molecule has 1 saturated heterocycles.